The minimum absolute atomic E-state index is 0.107. The van der Waals surface area contributed by atoms with Crippen molar-refractivity contribution in [1.82, 2.24) is 5.32 Å². The van der Waals surface area contributed by atoms with Gasteiger partial charge < -0.3 is 15.8 Å². The first-order valence-electron chi connectivity index (χ1n) is 6.85. The largest absolute Gasteiger partial charge is 0.369 e. The molecule has 3 atom stereocenters. The first-order valence-corrected chi connectivity index (χ1v) is 6.85. The Morgan fingerprint density at radius 1 is 1.58 bits per heavy atom. The lowest BCUT2D eigenvalue weighted by Gasteiger charge is -2.36. The zero-order chi connectivity index (χ0) is 14.4. The molecule has 19 heavy (non-hydrogen) atoms. The molecule has 0 heterocycles. The van der Waals surface area contributed by atoms with Gasteiger partial charge >= 0.3 is 0 Å². The summed E-state index contributed by atoms with van der Waals surface area (Å²) in [7, 11) is 0. The number of hydrogen-bond acceptors (Lipinski definition) is 4. The number of carbonyl (C=O) groups excluding carboxylic acids is 2. The average Bonchev–Trinajstić information content (AvgIpc) is 2.38. The Labute approximate surface area is 114 Å². The molecule has 0 saturated heterocycles. The van der Waals surface area contributed by atoms with Crippen molar-refractivity contribution >= 4 is 12.2 Å². The number of nitrogens with two attached hydrogens (primary N) is 1. The Balaban J connectivity index is 2.88. The molecule has 1 aliphatic carbocycles. The van der Waals surface area contributed by atoms with Crippen LogP contribution in [0.5, 0.6) is 0 Å². The summed E-state index contributed by atoms with van der Waals surface area (Å²) < 4.78 is 5.98. The van der Waals surface area contributed by atoms with E-state index in [0.717, 1.165) is 19.1 Å². The summed E-state index contributed by atoms with van der Waals surface area (Å²) in [5.41, 5.74) is 6.69. The van der Waals surface area contributed by atoms with Gasteiger partial charge in [0.1, 0.15) is 6.29 Å². The van der Waals surface area contributed by atoms with Crippen LogP contribution in [0.25, 0.3) is 0 Å². The van der Waals surface area contributed by atoms with Crippen LogP contribution in [0.4, 0.5) is 0 Å². The second kappa shape index (κ2) is 7.40. The molecule has 0 bridgehead atoms. The predicted molar refractivity (Wildman–Crippen MR) is 73.6 cm³/mol. The Hall–Kier alpha value is -1.20. The van der Waals surface area contributed by atoms with Gasteiger partial charge in [-0.15, -0.1) is 0 Å². The second-order valence-electron chi connectivity index (χ2n) is 4.99. The lowest BCUT2D eigenvalue weighted by atomic mass is 9.89. The molecule has 0 aromatic rings. The van der Waals surface area contributed by atoms with E-state index in [1.165, 1.54) is 6.92 Å². The predicted octanol–water partition coefficient (Wildman–Crippen LogP) is 0.921. The van der Waals surface area contributed by atoms with Gasteiger partial charge in [0.25, 0.3) is 0 Å². The van der Waals surface area contributed by atoms with Crippen LogP contribution in [0.1, 0.15) is 40.0 Å². The molecule has 3 N–H and O–H groups in total. The first kappa shape index (κ1) is 15.9. The number of nitrogens with one attached hydrogen (secondary N) is 1. The van der Waals surface area contributed by atoms with Crippen molar-refractivity contribution in [1.29, 1.82) is 0 Å². The molecule has 1 aliphatic rings. The van der Waals surface area contributed by atoms with Crippen molar-refractivity contribution in [3.05, 3.63) is 11.6 Å². The molecule has 5 nitrogen and oxygen atoms in total. The number of amides is 1. The van der Waals surface area contributed by atoms with Crippen LogP contribution in [0, 0.1) is 0 Å². The van der Waals surface area contributed by atoms with E-state index in [2.05, 4.69) is 19.2 Å². The van der Waals surface area contributed by atoms with E-state index in [4.69, 9.17) is 10.5 Å². The molecular formula is C14H24N2O3. The quantitative estimate of drug-likeness (QED) is 0.702. The summed E-state index contributed by atoms with van der Waals surface area (Å²) in [6.07, 6.45) is 4.62. The van der Waals surface area contributed by atoms with E-state index < -0.39 is 0 Å². The van der Waals surface area contributed by atoms with Gasteiger partial charge in [0, 0.05) is 13.0 Å². The van der Waals surface area contributed by atoms with Gasteiger partial charge in [0.2, 0.25) is 5.91 Å². The summed E-state index contributed by atoms with van der Waals surface area (Å²) in [6.45, 7) is 5.56. The van der Waals surface area contributed by atoms with Crippen molar-refractivity contribution in [2.45, 2.75) is 64.3 Å². The van der Waals surface area contributed by atoms with Crippen LogP contribution in [-0.2, 0) is 14.3 Å². The maximum atomic E-state index is 11.3. The van der Waals surface area contributed by atoms with Crippen LogP contribution in [0.15, 0.2) is 11.6 Å². The topological polar surface area (TPSA) is 81.4 Å². The zero-order valence-electron chi connectivity index (χ0n) is 11.9. The molecular weight excluding hydrogens is 244 g/mol. The summed E-state index contributed by atoms with van der Waals surface area (Å²) in [4.78, 5) is 22.2. The fourth-order valence-corrected chi connectivity index (χ4v) is 2.36. The number of rotatable bonds is 6. The molecule has 0 aliphatic heterocycles. The summed E-state index contributed by atoms with van der Waals surface area (Å²) in [5.74, 6) is -0.137. The van der Waals surface area contributed by atoms with Crippen molar-refractivity contribution in [3.8, 4) is 0 Å². The number of ether oxygens (including phenoxy) is 1. The minimum Gasteiger partial charge on any atom is -0.369 e. The number of hydrogen-bond donors (Lipinski definition) is 2. The highest BCUT2D eigenvalue weighted by atomic mass is 16.5. The van der Waals surface area contributed by atoms with E-state index in [-0.39, 0.29) is 30.2 Å². The van der Waals surface area contributed by atoms with Gasteiger partial charge in [-0.3, -0.25) is 9.59 Å². The molecule has 1 unspecified atom stereocenters. The molecule has 1 rings (SSSR count). The molecule has 0 saturated carbocycles. The van der Waals surface area contributed by atoms with Crippen molar-refractivity contribution in [2.75, 3.05) is 0 Å². The van der Waals surface area contributed by atoms with E-state index in [0.29, 0.717) is 12.0 Å². The van der Waals surface area contributed by atoms with Gasteiger partial charge in [-0.2, -0.15) is 0 Å². The van der Waals surface area contributed by atoms with E-state index in [1.54, 1.807) is 6.08 Å². The lowest BCUT2D eigenvalue weighted by molar-refractivity contribution is -0.121. The monoisotopic (exact) mass is 268 g/mol. The SMILES string of the molecule is CCC(CC)O[C@@H]1C=C(C=O)C[C@H](N)C1NC(C)=O. The fraction of sp³-hybridized carbons (Fsp3) is 0.714. The van der Waals surface area contributed by atoms with Crippen molar-refractivity contribution < 1.29 is 14.3 Å². The molecule has 1 amide bonds. The average molecular weight is 268 g/mol. The molecule has 0 aromatic carbocycles. The molecule has 108 valence electrons. The molecule has 0 fully saturated rings. The van der Waals surface area contributed by atoms with E-state index in [9.17, 15) is 9.59 Å². The summed E-state index contributed by atoms with van der Waals surface area (Å²) in [5, 5.41) is 2.83. The van der Waals surface area contributed by atoms with E-state index >= 15 is 0 Å². The maximum absolute atomic E-state index is 11.3. The third-order valence-electron chi connectivity index (χ3n) is 3.45. The molecule has 0 aromatic heterocycles. The van der Waals surface area contributed by atoms with Gasteiger partial charge in [0.15, 0.2) is 0 Å². The maximum Gasteiger partial charge on any atom is 0.217 e. The Morgan fingerprint density at radius 2 is 2.21 bits per heavy atom. The molecule has 0 spiro atoms. The smallest absolute Gasteiger partial charge is 0.217 e. The third-order valence-corrected chi connectivity index (χ3v) is 3.45. The number of carbonyl (C=O) groups is 2. The van der Waals surface area contributed by atoms with Crippen molar-refractivity contribution in [3.63, 3.8) is 0 Å². The normalized spacial score (nSPS) is 27.0. The van der Waals surface area contributed by atoms with Gasteiger partial charge in [0.05, 0.1) is 18.2 Å². The third kappa shape index (κ3) is 4.44. The first-order chi connectivity index (χ1) is 9.01. The van der Waals surface area contributed by atoms with E-state index in [1.807, 2.05) is 0 Å². The van der Waals surface area contributed by atoms with Crippen LogP contribution in [0.3, 0.4) is 0 Å². The Kier molecular flexibility index (Phi) is 6.18. The highest BCUT2D eigenvalue weighted by Gasteiger charge is 2.33. The highest BCUT2D eigenvalue weighted by molar-refractivity contribution is 5.75. The summed E-state index contributed by atoms with van der Waals surface area (Å²) >= 11 is 0. The minimum atomic E-state index is -0.335. The Bertz CT molecular complexity index is 351. The van der Waals surface area contributed by atoms with Gasteiger partial charge in [-0.1, -0.05) is 13.8 Å². The van der Waals surface area contributed by atoms with Crippen LogP contribution >= 0.6 is 0 Å². The summed E-state index contributed by atoms with van der Waals surface area (Å²) in [6, 6.07) is -0.574. The van der Waals surface area contributed by atoms with Crippen LogP contribution in [0.2, 0.25) is 0 Å². The molecule has 5 heteroatoms. The second-order valence-corrected chi connectivity index (χ2v) is 4.99. The molecule has 0 radical (unpaired) electrons. The van der Waals surface area contributed by atoms with Crippen LogP contribution < -0.4 is 11.1 Å². The highest BCUT2D eigenvalue weighted by Crippen LogP contribution is 2.22. The van der Waals surface area contributed by atoms with Crippen LogP contribution in [-0.4, -0.2) is 36.5 Å². The van der Waals surface area contributed by atoms with Gasteiger partial charge in [-0.05, 0) is 30.9 Å². The van der Waals surface area contributed by atoms with Gasteiger partial charge in [-0.25, -0.2) is 0 Å². The Morgan fingerprint density at radius 3 is 2.68 bits per heavy atom. The number of aldehydes is 1. The lowest BCUT2D eigenvalue weighted by Crippen LogP contribution is -2.56. The van der Waals surface area contributed by atoms with Crippen molar-refractivity contribution in [2.24, 2.45) is 5.73 Å². The standard InChI is InChI=1S/C14H24N2O3/c1-4-11(5-2)19-13-7-10(8-17)6-12(15)14(13)16-9(3)18/h7-8,11-14H,4-6,15H2,1-3H3,(H,16,18)/t12-,13+,14?/m0/s1. The fourth-order valence-electron chi connectivity index (χ4n) is 2.36. The zero-order valence-corrected chi connectivity index (χ0v) is 11.9.